The minimum atomic E-state index is 0.904. The van der Waals surface area contributed by atoms with E-state index in [0.717, 1.165) is 61.3 Å². The van der Waals surface area contributed by atoms with Gasteiger partial charge in [0.1, 0.15) is 11.2 Å². The fourth-order valence-corrected chi connectivity index (χ4v) is 8.65. The Labute approximate surface area is 349 Å². The molecule has 0 aliphatic rings. The summed E-state index contributed by atoms with van der Waals surface area (Å²) in [7, 11) is 0. The van der Waals surface area contributed by atoms with Gasteiger partial charge in [-0.25, -0.2) is 0 Å². The van der Waals surface area contributed by atoms with Crippen molar-refractivity contribution in [2.75, 3.05) is 4.90 Å². The van der Waals surface area contributed by atoms with Crippen LogP contribution in [-0.2, 0) is 0 Å². The van der Waals surface area contributed by atoms with Crippen LogP contribution in [0.5, 0.6) is 0 Å². The number of furan rings is 1. The molecule has 0 fully saturated rings. The van der Waals surface area contributed by atoms with Crippen LogP contribution in [0.4, 0.5) is 17.1 Å². The second-order valence-corrected chi connectivity index (χ2v) is 15.3. The smallest absolute Gasteiger partial charge is 0.143 e. The van der Waals surface area contributed by atoms with E-state index in [1.165, 1.54) is 44.2 Å². The number of anilines is 3. The molecule has 2 heteroatoms. The Balaban J connectivity index is 0.953. The molecule has 0 aliphatic heterocycles. The Bertz CT molecular complexity index is 3310. The minimum Gasteiger partial charge on any atom is -0.455 e. The predicted octanol–water partition coefficient (Wildman–Crippen LogP) is 16.5. The standard InChI is InChI=1S/C58H39NO/c1-2-14-42(15-3-1)52-21-6-8-25-56(52)59(51-35-31-43(32-36-51)53-23-12-24-55-54-22-7-9-26-57(54)60-58(53)55)50-33-29-41(30-34-50)45-17-10-18-46(37-45)47-19-11-20-48(39-47)49-28-27-40-13-4-5-16-44(40)38-49/h1-39H. The van der Waals surface area contributed by atoms with E-state index in [9.17, 15) is 0 Å². The lowest BCUT2D eigenvalue weighted by atomic mass is 9.95. The van der Waals surface area contributed by atoms with E-state index in [1.807, 2.05) is 12.1 Å². The molecule has 1 heterocycles. The van der Waals surface area contributed by atoms with Crippen LogP contribution in [-0.4, -0.2) is 0 Å². The van der Waals surface area contributed by atoms with Gasteiger partial charge in [0.25, 0.3) is 0 Å². The molecule has 0 aliphatic carbocycles. The van der Waals surface area contributed by atoms with E-state index in [2.05, 4.69) is 229 Å². The molecule has 11 rings (SSSR count). The average molecular weight is 766 g/mol. The van der Waals surface area contributed by atoms with Crippen LogP contribution in [0.1, 0.15) is 0 Å². The lowest BCUT2D eigenvalue weighted by molar-refractivity contribution is 0.670. The molecule has 0 spiro atoms. The molecule has 0 saturated carbocycles. The van der Waals surface area contributed by atoms with Crippen LogP contribution in [0.25, 0.3) is 88.3 Å². The Morgan fingerprint density at radius 2 is 0.767 bits per heavy atom. The highest BCUT2D eigenvalue weighted by Crippen LogP contribution is 2.43. The molecule has 0 atom stereocenters. The Morgan fingerprint density at radius 3 is 1.50 bits per heavy atom. The van der Waals surface area contributed by atoms with Crippen molar-refractivity contribution in [3.8, 4) is 55.6 Å². The van der Waals surface area contributed by atoms with Gasteiger partial charge in [-0.3, -0.25) is 0 Å². The highest BCUT2D eigenvalue weighted by atomic mass is 16.3. The van der Waals surface area contributed by atoms with Crippen molar-refractivity contribution in [2.24, 2.45) is 0 Å². The van der Waals surface area contributed by atoms with Crippen LogP contribution >= 0.6 is 0 Å². The molecular weight excluding hydrogens is 727 g/mol. The Hall–Kier alpha value is -7.94. The first-order valence-corrected chi connectivity index (χ1v) is 20.5. The number of hydrogen-bond donors (Lipinski definition) is 0. The van der Waals surface area contributed by atoms with Crippen molar-refractivity contribution in [1.29, 1.82) is 0 Å². The van der Waals surface area contributed by atoms with Crippen molar-refractivity contribution in [3.63, 3.8) is 0 Å². The summed E-state index contributed by atoms with van der Waals surface area (Å²) in [5, 5.41) is 4.77. The molecule has 10 aromatic carbocycles. The first-order chi connectivity index (χ1) is 29.7. The van der Waals surface area contributed by atoms with Gasteiger partial charge in [0.05, 0.1) is 5.69 Å². The summed E-state index contributed by atoms with van der Waals surface area (Å²) in [6.07, 6.45) is 0. The topological polar surface area (TPSA) is 16.4 Å². The minimum absolute atomic E-state index is 0.904. The van der Waals surface area contributed by atoms with E-state index in [-0.39, 0.29) is 0 Å². The molecular formula is C58H39NO. The number of fused-ring (bicyclic) bond motifs is 4. The number of nitrogens with zero attached hydrogens (tertiary/aromatic N) is 1. The molecule has 0 saturated heterocycles. The second-order valence-electron chi connectivity index (χ2n) is 15.3. The number of rotatable bonds is 8. The zero-order valence-corrected chi connectivity index (χ0v) is 32.9. The second kappa shape index (κ2) is 15.1. The van der Waals surface area contributed by atoms with Crippen molar-refractivity contribution in [2.45, 2.75) is 0 Å². The third kappa shape index (κ3) is 6.51. The zero-order valence-electron chi connectivity index (χ0n) is 32.9. The van der Waals surface area contributed by atoms with Crippen molar-refractivity contribution in [3.05, 3.63) is 237 Å². The van der Waals surface area contributed by atoms with Crippen molar-refractivity contribution >= 4 is 49.8 Å². The van der Waals surface area contributed by atoms with Crippen LogP contribution in [0.15, 0.2) is 241 Å². The zero-order chi connectivity index (χ0) is 39.8. The van der Waals surface area contributed by atoms with Crippen LogP contribution < -0.4 is 4.90 Å². The first kappa shape index (κ1) is 35.2. The van der Waals surface area contributed by atoms with Gasteiger partial charge < -0.3 is 9.32 Å². The van der Waals surface area contributed by atoms with Gasteiger partial charge in [-0.2, -0.15) is 0 Å². The molecule has 2 nitrogen and oxygen atoms in total. The van der Waals surface area contributed by atoms with Crippen LogP contribution in [0.2, 0.25) is 0 Å². The van der Waals surface area contributed by atoms with Crippen molar-refractivity contribution < 1.29 is 4.42 Å². The fraction of sp³-hybridized carbons (Fsp3) is 0. The van der Waals surface area contributed by atoms with Crippen LogP contribution in [0.3, 0.4) is 0 Å². The molecule has 0 N–H and O–H groups in total. The van der Waals surface area contributed by atoms with E-state index < -0.39 is 0 Å². The van der Waals surface area contributed by atoms with Gasteiger partial charge >= 0.3 is 0 Å². The molecule has 60 heavy (non-hydrogen) atoms. The van der Waals surface area contributed by atoms with Crippen molar-refractivity contribution in [1.82, 2.24) is 0 Å². The Kier molecular flexibility index (Phi) is 8.87. The molecule has 11 aromatic rings. The summed E-state index contributed by atoms with van der Waals surface area (Å²) >= 11 is 0. The maximum atomic E-state index is 6.43. The molecule has 282 valence electrons. The summed E-state index contributed by atoms with van der Waals surface area (Å²) in [5.74, 6) is 0. The highest BCUT2D eigenvalue weighted by molar-refractivity contribution is 6.09. The summed E-state index contributed by atoms with van der Waals surface area (Å²) in [6.45, 7) is 0. The van der Waals surface area contributed by atoms with Gasteiger partial charge in [-0.15, -0.1) is 0 Å². The number of hydrogen-bond acceptors (Lipinski definition) is 2. The average Bonchev–Trinajstić information content (AvgIpc) is 3.72. The Morgan fingerprint density at radius 1 is 0.283 bits per heavy atom. The molecule has 1 aromatic heterocycles. The largest absolute Gasteiger partial charge is 0.455 e. The molecule has 0 bridgehead atoms. The highest BCUT2D eigenvalue weighted by Gasteiger charge is 2.19. The lowest BCUT2D eigenvalue weighted by Gasteiger charge is -2.28. The summed E-state index contributed by atoms with van der Waals surface area (Å²) < 4.78 is 6.43. The lowest BCUT2D eigenvalue weighted by Crippen LogP contribution is -2.11. The fourth-order valence-electron chi connectivity index (χ4n) is 8.65. The first-order valence-electron chi connectivity index (χ1n) is 20.5. The van der Waals surface area contributed by atoms with Gasteiger partial charge in [0.15, 0.2) is 0 Å². The van der Waals surface area contributed by atoms with E-state index in [1.54, 1.807) is 0 Å². The summed E-state index contributed by atoms with van der Waals surface area (Å²) in [4.78, 5) is 2.37. The molecule has 0 amide bonds. The maximum Gasteiger partial charge on any atom is 0.143 e. The van der Waals surface area contributed by atoms with Gasteiger partial charge in [0.2, 0.25) is 0 Å². The number of benzene rings is 10. The van der Waals surface area contributed by atoms with E-state index in [0.29, 0.717) is 0 Å². The molecule has 0 unspecified atom stereocenters. The third-order valence-corrected chi connectivity index (χ3v) is 11.7. The summed E-state index contributed by atoms with van der Waals surface area (Å²) in [5.41, 5.74) is 16.8. The van der Waals surface area contributed by atoms with Gasteiger partial charge in [-0.05, 0) is 110 Å². The normalized spacial score (nSPS) is 11.3. The third-order valence-electron chi connectivity index (χ3n) is 11.7. The summed E-state index contributed by atoms with van der Waals surface area (Å²) in [6, 6.07) is 84.8. The van der Waals surface area contributed by atoms with Crippen LogP contribution in [0, 0.1) is 0 Å². The monoisotopic (exact) mass is 765 g/mol. The SMILES string of the molecule is c1ccc(-c2ccccc2N(c2ccc(-c3cccc(-c4cccc(-c5ccc6ccccc6c5)c4)c3)cc2)c2ccc(-c3cccc4c3oc3ccccc34)cc2)cc1. The molecule has 0 radical (unpaired) electrons. The van der Waals surface area contributed by atoms with E-state index >= 15 is 0 Å². The maximum absolute atomic E-state index is 6.43. The van der Waals surface area contributed by atoms with Gasteiger partial charge in [0, 0.05) is 33.3 Å². The van der Waals surface area contributed by atoms with Gasteiger partial charge in [-0.1, -0.05) is 182 Å². The quantitative estimate of drug-likeness (QED) is 0.153. The van der Waals surface area contributed by atoms with E-state index in [4.69, 9.17) is 4.42 Å². The number of para-hydroxylation sites is 3. The predicted molar refractivity (Wildman–Crippen MR) is 253 cm³/mol.